The molecule has 1 aliphatic heterocycles. The van der Waals surface area contributed by atoms with E-state index in [1.54, 1.807) is 0 Å². The summed E-state index contributed by atoms with van der Waals surface area (Å²) in [5, 5.41) is 0. The molecule has 0 N–H and O–H groups in total. The number of hydrogen-bond acceptors (Lipinski definition) is 2. The smallest absolute Gasteiger partial charge is 0.248 e. The number of rotatable bonds is 2. The lowest BCUT2D eigenvalue weighted by atomic mass is 9.91. The zero-order valence-electron chi connectivity index (χ0n) is 12.3. The van der Waals surface area contributed by atoms with Gasteiger partial charge in [-0.25, -0.2) is 8.78 Å². The maximum atomic E-state index is 13.3. The van der Waals surface area contributed by atoms with Crippen LogP contribution in [0.15, 0.2) is 30.3 Å². The second kappa shape index (κ2) is 6.41. The third-order valence-electron chi connectivity index (χ3n) is 4.75. The first-order valence-corrected chi connectivity index (χ1v) is 7.92. The molecule has 0 amide bonds. The number of benzene rings is 1. The zero-order chi connectivity index (χ0) is 14.7. The van der Waals surface area contributed by atoms with E-state index in [0.717, 1.165) is 19.5 Å². The van der Waals surface area contributed by atoms with Crippen LogP contribution in [0, 0.1) is 0 Å². The summed E-state index contributed by atoms with van der Waals surface area (Å²) in [7, 11) is 0. The summed E-state index contributed by atoms with van der Waals surface area (Å²) in [5.41, 5.74) is 1.22. The molecular formula is C17H23F2NO. The molecule has 2 nitrogen and oxygen atoms in total. The standard InChI is InChI=1S/C17H23F2NO/c18-17(19)9-6-15(7-10-17)20-11-8-16(21-13-12-20)14-4-2-1-3-5-14/h1-5,15-16H,6-13H2. The van der Waals surface area contributed by atoms with E-state index in [-0.39, 0.29) is 18.9 Å². The Morgan fingerprint density at radius 2 is 1.71 bits per heavy atom. The molecule has 3 rings (SSSR count). The molecule has 1 saturated heterocycles. The molecule has 1 aromatic carbocycles. The molecule has 0 bridgehead atoms. The van der Waals surface area contributed by atoms with Crippen molar-refractivity contribution in [3.8, 4) is 0 Å². The van der Waals surface area contributed by atoms with Gasteiger partial charge in [0, 0.05) is 32.0 Å². The summed E-state index contributed by atoms with van der Waals surface area (Å²) in [6.45, 7) is 2.49. The van der Waals surface area contributed by atoms with E-state index in [4.69, 9.17) is 4.74 Å². The van der Waals surface area contributed by atoms with Crippen LogP contribution >= 0.6 is 0 Å². The maximum Gasteiger partial charge on any atom is 0.248 e. The van der Waals surface area contributed by atoms with Crippen LogP contribution in [0.3, 0.4) is 0 Å². The summed E-state index contributed by atoms with van der Waals surface area (Å²) in [6, 6.07) is 10.6. The van der Waals surface area contributed by atoms with Gasteiger partial charge < -0.3 is 4.74 Å². The van der Waals surface area contributed by atoms with Crippen molar-refractivity contribution in [3.05, 3.63) is 35.9 Å². The lowest BCUT2D eigenvalue weighted by Gasteiger charge is -2.35. The van der Waals surface area contributed by atoms with E-state index < -0.39 is 5.92 Å². The summed E-state index contributed by atoms with van der Waals surface area (Å²) in [6.07, 6.45) is 2.39. The fourth-order valence-electron chi connectivity index (χ4n) is 3.48. The van der Waals surface area contributed by atoms with Gasteiger partial charge in [-0.15, -0.1) is 0 Å². The molecule has 1 heterocycles. The SMILES string of the molecule is FC1(F)CCC(N2CCOC(c3ccccc3)CC2)CC1. The van der Waals surface area contributed by atoms with Gasteiger partial charge in [0.1, 0.15) is 0 Å². The Kier molecular flexibility index (Phi) is 4.55. The number of ether oxygens (including phenoxy) is 1. The van der Waals surface area contributed by atoms with Crippen LogP contribution in [-0.2, 0) is 4.74 Å². The van der Waals surface area contributed by atoms with Gasteiger partial charge in [-0.05, 0) is 24.8 Å². The van der Waals surface area contributed by atoms with Crippen LogP contribution in [0.1, 0.15) is 43.8 Å². The molecular weight excluding hydrogens is 272 g/mol. The van der Waals surface area contributed by atoms with Gasteiger partial charge >= 0.3 is 0 Å². The monoisotopic (exact) mass is 295 g/mol. The first-order chi connectivity index (χ1) is 10.1. The van der Waals surface area contributed by atoms with Crippen molar-refractivity contribution in [2.45, 2.75) is 50.2 Å². The topological polar surface area (TPSA) is 12.5 Å². The minimum absolute atomic E-state index is 0.0388. The van der Waals surface area contributed by atoms with E-state index in [0.29, 0.717) is 25.5 Å². The summed E-state index contributed by atoms with van der Waals surface area (Å²) < 4.78 is 32.5. The molecule has 1 aromatic rings. The van der Waals surface area contributed by atoms with Gasteiger partial charge in [0.25, 0.3) is 0 Å². The number of hydrogen-bond donors (Lipinski definition) is 0. The van der Waals surface area contributed by atoms with Gasteiger partial charge in [-0.3, -0.25) is 4.90 Å². The van der Waals surface area contributed by atoms with Crippen molar-refractivity contribution in [1.82, 2.24) is 4.90 Å². The van der Waals surface area contributed by atoms with Gasteiger partial charge in [-0.2, -0.15) is 0 Å². The van der Waals surface area contributed by atoms with Crippen LogP contribution in [0.4, 0.5) is 8.78 Å². The van der Waals surface area contributed by atoms with Crippen LogP contribution in [0.5, 0.6) is 0 Å². The average molecular weight is 295 g/mol. The van der Waals surface area contributed by atoms with E-state index in [2.05, 4.69) is 17.0 Å². The third-order valence-corrected chi connectivity index (χ3v) is 4.75. The number of halogens is 2. The van der Waals surface area contributed by atoms with Crippen molar-refractivity contribution in [1.29, 1.82) is 0 Å². The summed E-state index contributed by atoms with van der Waals surface area (Å²) in [5.74, 6) is -2.44. The Balaban J connectivity index is 1.56. The Labute approximate surface area is 125 Å². The molecule has 0 aromatic heterocycles. The third kappa shape index (κ3) is 3.80. The van der Waals surface area contributed by atoms with Crippen molar-refractivity contribution in [2.75, 3.05) is 19.7 Å². The van der Waals surface area contributed by atoms with Crippen LogP contribution in [0.2, 0.25) is 0 Å². The van der Waals surface area contributed by atoms with Crippen molar-refractivity contribution in [3.63, 3.8) is 0 Å². The molecule has 116 valence electrons. The maximum absolute atomic E-state index is 13.3. The zero-order valence-corrected chi connectivity index (χ0v) is 12.3. The van der Waals surface area contributed by atoms with Crippen LogP contribution in [-0.4, -0.2) is 36.6 Å². The van der Waals surface area contributed by atoms with Crippen molar-refractivity contribution >= 4 is 0 Å². The first kappa shape index (κ1) is 14.9. The average Bonchev–Trinajstić information content (AvgIpc) is 2.74. The molecule has 2 fully saturated rings. The fraction of sp³-hybridized carbons (Fsp3) is 0.647. The van der Waals surface area contributed by atoms with E-state index >= 15 is 0 Å². The molecule has 21 heavy (non-hydrogen) atoms. The number of alkyl halides is 2. The van der Waals surface area contributed by atoms with Crippen molar-refractivity contribution < 1.29 is 13.5 Å². The fourth-order valence-corrected chi connectivity index (χ4v) is 3.48. The minimum atomic E-state index is -2.44. The molecule has 1 aliphatic carbocycles. The van der Waals surface area contributed by atoms with E-state index in [1.165, 1.54) is 5.56 Å². The second-order valence-electron chi connectivity index (χ2n) is 6.18. The Morgan fingerprint density at radius 3 is 2.43 bits per heavy atom. The van der Waals surface area contributed by atoms with E-state index in [1.807, 2.05) is 18.2 Å². The predicted molar refractivity (Wildman–Crippen MR) is 78.5 cm³/mol. The quantitative estimate of drug-likeness (QED) is 0.817. The van der Waals surface area contributed by atoms with Crippen LogP contribution in [0.25, 0.3) is 0 Å². The second-order valence-corrected chi connectivity index (χ2v) is 6.18. The van der Waals surface area contributed by atoms with E-state index in [9.17, 15) is 8.78 Å². The van der Waals surface area contributed by atoms with Gasteiger partial charge in [-0.1, -0.05) is 30.3 Å². The molecule has 0 spiro atoms. The Morgan fingerprint density at radius 1 is 1.00 bits per heavy atom. The number of nitrogens with zero attached hydrogens (tertiary/aromatic N) is 1. The largest absolute Gasteiger partial charge is 0.372 e. The highest BCUT2D eigenvalue weighted by Crippen LogP contribution is 2.36. The Hall–Kier alpha value is -1.00. The van der Waals surface area contributed by atoms with Crippen molar-refractivity contribution in [2.24, 2.45) is 0 Å². The lowest BCUT2D eigenvalue weighted by molar-refractivity contribution is -0.0537. The normalized spacial score (nSPS) is 28.2. The summed E-state index contributed by atoms with van der Waals surface area (Å²) in [4.78, 5) is 2.36. The molecule has 1 atom stereocenters. The predicted octanol–water partition coefficient (Wildman–Crippen LogP) is 4.03. The molecule has 1 saturated carbocycles. The van der Waals surface area contributed by atoms with Gasteiger partial charge in [0.2, 0.25) is 5.92 Å². The summed E-state index contributed by atoms with van der Waals surface area (Å²) >= 11 is 0. The molecule has 4 heteroatoms. The highest BCUT2D eigenvalue weighted by atomic mass is 19.3. The van der Waals surface area contributed by atoms with Gasteiger partial charge in [0.05, 0.1) is 12.7 Å². The molecule has 1 unspecified atom stereocenters. The highest BCUT2D eigenvalue weighted by molar-refractivity contribution is 5.17. The minimum Gasteiger partial charge on any atom is -0.372 e. The van der Waals surface area contributed by atoms with Gasteiger partial charge in [0.15, 0.2) is 0 Å². The molecule has 2 aliphatic rings. The Bertz CT molecular complexity index is 441. The highest BCUT2D eigenvalue weighted by Gasteiger charge is 2.37. The van der Waals surface area contributed by atoms with Crippen LogP contribution < -0.4 is 0 Å². The first-order valence-electron chi connectivity index (χ1n) is 7.92. The molecule has 0 radical (unpaired) electrons. The lowest BCUT2D eigenvalue weighted by Crippen LogP contribution is -2.41.